The fourth-order valence-corrected chi connectivity index (χ4v) is 2.26. The van der Waals surface area contributed by atoms with E-state index in [2.05, 4.69) is 12.2 Å². The van der Waals surface area contributed by atoms with Gasteiger partial charge in [0.05, 0.1) is 6.61 Å². The molecule has 0 fully saturated rings. The molecular formula is C11H25NO3S. The molecule has 0 aliphatic heterocycles. The second-order valence-electron chi connectivity index (χ2n) is 4.24. The first-order chi connectivity index (χ1) is 7.49. The third kappa shape index (κ3) is 10.4. The number of ether oxygens (including phenoxy) is 1. The minimum absolute atomic E-state index is 0.307. The molecule has 0 bridgehead atoms. The van der Waals surface area contributed by atoms with Crippen molar-refractivity contribution in [3.63, 3.8) is 0 Å². The summed E-state index contributed by atoms with van der Waals surface area (Å²) < 4.78 is 26.9. The maximum atomic E-state index is 11.0. The summed E-state index contributed by atoms with van der Waals surface area (Å²) in [6, 6.07) is 0. The van der Waals surface area contributed by atoms with E-state index in [0.717, 1.165) is 39.0 Å². The van der Waals surface area contributed by atoms with Crippen molar-refractivity contribution in [2.75, 3.05) is 38.8 Å². The van der Waals surface area contributed by atoms with Crippen LogP contribution in [-0.2, 0) is 14.6 Å². The summed E-state index contributed by atoms with van der Waals surface area (Å²) in [4.78, 5) is 0. The lowest BCUT2D eigenvalue weighted by Crippen LogP contribution is -2.26. The van der Waals surface area contributed by atoms with Crippen LogP contribution in [0.2, 0.25) is 0 Å². The number of hydrogen-bond acceptors (Lipinski definition) is 4. The smallest absolute Gasteiger partial charge is 0.147 e. The van der Waals surface area contributed by atoms with Gasteiger partial charge in [0.1, 0.15) is 9.84 Å². The summed E-state index contributed by atoms with van der Waals surface area (Å²) in [7, 11) is -1.11. The highest BCUT2D eigenvalue weighted by molar-refractivity contribution is 7.90. The van der Waals surface area contributed by atoms with Gasteiger partial charge in [-0.15, -0.1) is 0 Å². The Bertz CT molecular complexity index is 252. The maximum Gasteiger partial charge on any atom is 0.147 e. The van der Waals surface area contributed by atoms with Crippen LogP contribution in [0.3, 0.4) is 0 Å². The lowest BCUT2D eigenvalue weighted by Gasteiger charge is -2.15. The van der Waals surface area contributed by atoms with Crippen molar-refractivity contribution in [1.82, 2.24) is 5.32 Å². The minimum atomic E-state index is -2.80. The van der Waals surface area contributed by atoms with E-state index in [9.17, 15) is 8.42 Å². The van der Waals surface area contributed by atoms with Gasteiger partial charge in [-0.05, 0) is 25.3 Å². The molecule has 0 spiro atoms. The Morgan fingerprint density at radius 1 is 1.38 bits per heavy atom. The van der Waals surface area contributed by atoms with Crippen LogP contribution in [0, 0.1) is 5.92 Å². The quantitative estimate of drug-likeness (QED) is 0.590. The number of nitrogens with one attached hydrogen (secondary N) is 1. The molecule has 98 valence electrons. The van der Waals surface area contributed by atoms with Gasteiger partial charge >= 0.3 is 0 Å². The van der Waals surface area contributed by atoms with E-state index in [1.807, 2.05) is 0 Å². The van der Waals surface area contributed by atoms with Crippen molar-refractivity contribution >= 4 is 9.84 Å². The Kier molecular flexibility index (Phi) is 8.89. The van der Waals surface area contributed by atoms with Crippen molar-refractivity contribution in [2.45, 2.75) is 26.2 Å². The molecule has 5 heteroatoms. The summed E-state index contributed by atoms with van der Waals surface area (Å²) in [6.45, 7) is 4.67. The summed E-state index contributed by atoms with van der Waals surface area (Å²) in [6.07, 6.45) is 4.13. The molecule has 0 aromatic heterocycles. The zero-order chi connectivity index (χ0) is 12.4. The average molecular weight is 251 g/mol. The SMILES string of the molecule is CCC(CCCS(C)(=O)=O)CNCCOC. The third-order valence-corrected chi connectivity index (χ3v) is 3.65. The molecule has 0 radical (unpaired) electrons. The summed E-state index contributed by atoms with van der Waals surface area (Å²) in [5.74, 6) is 0.875. The van der Waals surface area contributed by atoms with Crippen molar-refractivity contribution in [1.29, 1.82) is 0 Å². The van der Waals surface area contributed by atoms with E-state index < -0.39 is 9.84 Å². The van der Waals surface area contributed by atoms with E-state index in [4.69, 9.17) is 4.74 Å². The Morgan fingerprint density at radius 2 is 2.06 bits per heavy atom. The first-order valence-electron chi connectivity index (χ1n) is 5.87. The van der Waals surface area contributed by atoms with E-state index in [0.29, 0.717) is 11.7 Å². The van der Waals surface area contributed by atoms with Crippen molar-refractivity contribution in [3.05, 3.63) is 0 Å². The molecule has 1 unspecified atom stereocenters. The topological polar surface area (TPSA) is 55.4 Å². The molecule has 0 aliphatic carbocycles. The van der Waals surface area contributed by atoms with Crippen molar-refractivity contribution < 1.29 is 13.2 Å². The van der Waals surface area contributed by atoms with Crippen LogP contribution in [0.4, 0.5) is 0 Å². The predicted molar refractivity (Wildman–Crippen MR) is 67.5 cm³/mol. The van der Waals surface area contributed by atoms with E-state index in [-0.39, 0.29) is 0 Å². The van der Waals surface area contributed by atoms with Gasteiger partial charge in [-0.2, -0.15) is 0 Å². The minimum Gasteiger partial charge on any atom is -0.383 e. The Hall–Kier alpha value is -0.130. The van der Waals surface area contributed by atoms with Crippen molar-refractivity contribution in [2.24, 2.45) is 5.92 Å². The van der Waals surface area contributed by atoms with Gasteiger partial charge in [0.25, 0.3) is 0 Å². The largest absolute Gasteiger partial charge is 0.383 e. The van der Waals surface area contributed by atoms with Crippen LogP contribution >= 0.6 is 0 Å². The monoisotopic (exact) mass is 251 g/mol. The second-order valence-corrected chi connectivity index (χ2v) is 6.50. The van der Waals surface area contributed by atoms with Gasteiger partial charge in [-0.3, -0.25) is 0 Å². The molecule has 4 nitrogen and oxygen atoms in total. The van der Waals surface area contributed by atoms with Crippen LogP contribution in [0.5, 0.6) is 0 Å². The van der Waals surface area contributed by atoms with Gasteiger partial charge in [0.15, 0.2) is 0 Å². The fourth-order valence-electron chi connectivity index (χ4n) is 1.57. The normalized spacial score (nSPS) is 13.9. The first kappa shape index (κ1) is 15.9. The highest BCUT2D eigenvalue weighted by atomic mass is 32.2. The molecular weight excluding hydrogens is 226 g/mol. The summed E-state index contributed by atoms with van der Waals surface area (Å²) >= 11 is 0. The molecule has 0 aliphatic rings. The zero-order valence-electron chi connectivity index (χ0n) is 10.7. The highest BCUT2D eigenvalue weighted by Gasteiger charge is 2.08. The molecule has 0 aromatic rings. The first-order valence-corrected chi connectivity index (χ1v) is 7.93. The van der Waals surface area contributed by atoms with Crippen LogP contribution in [-0.4, -0.2) is 47.2 Å². The Labute approximate surface area is 99.7 Å². The van der Waals surface area contributed by atoms with Gasteiger partial charge in [-0.1, -0.05) is 13.3 Å². The van der Waals surface area contributed by atoms with Crippen LogP contribution < -0.4 is 5.32 Å². The molecule has 0 heterocycles. The standard InChI is InChI=1S/C11H25NO3S/c1-4-11(10-12-7-8-15-2)6-5-9-16(3,13)14/h11-12H,4-10H2,1-3H3. The predicted octanol–water partition coefficient (Wildman–Crippen LogP) is 1.07. The zero-order valence-corrected chi connectivity index (χ0v) is 11.5. The number of rotatable bonds is 10. The molecule has 0 aromatic carbocycles. The Balaban J connectivity index is 3.59. The number of sulfone groups is 1. The van der Waals surface area contributed by atoms with Crippen LogP contribution in [0.25, 0.3) is 0 Å². The molecule has 0 amide bonds. The highest BCUT2D eigenvalue weighted by Crippen LogP contribution is 2.10. The molecule has 0 saturated heterocycles. The van der Waals surface area contributed by atoms with E-state index in [1.54, 1.807) is 7.11 Å². The van der Waals surface area contributed by atoms with E-state index in [1.165, 1.54) is 6.26 Å². The maximum absolute atomic E-state index is 11.0. The van der Waals surface area contributed by atoms with Crippen molar-refractivity contribution in [3.8, 4) is 0 Å². The number of methoxy groups -OCH3 is 1. The van der Waals surface area contributed by atoms with E-state index >= 15 is 0 Å². The molecule has 1 atom stereocenters. The lowest BCUT2D eigenvalue weighted by atomic mass is 10.0. The third-order valence-electron chi connectivity index (χ3n) is 2.62. The van der Waals surface area contributed by atoms with Gasteiger partial charge in [0, 0.05) is 25.7 Å². The summed E-state index contributed by atoms with van der Waals surface area (Å²) in [5, 5.41) is 3.31. The van der Waals surface area contributed by atoms with Crippen LogP contribution in [0.1, 0.15) is 26.2 Å². The molecule has 0 saturated carbocycles. The fraction of sp³-hybridized carbons (Fsp3) is 1.00. The molecule has 16 heavy (non-hydrogen) atoms. The summed E-state index contributed by atoms with van der Waals surface area (Å²) in [5.41, 5.74) is 0. The Morgan fingerprint density at radius 3 is 2.56 bits per heavy atom. The van der Waals surface area contributed by atoms with Crippen LogP contribution in [0.15, 0.2) is 0 Å². The second kappa shape index (κ2) is 8.96. The average Bonchev–Trinajstić information content (AvgIpc) is 2.20. The van der Waals surface area contributed by atoms with Gasteiger partial charge in [-0.25, -0.2) is 8.42 Å². The van der Waals surface area contributed by atoms with Gasteiger partial charge < -0.3 is 10.1 Å². The molecule has 1 N–H and O–H groups in total. The number of hydrogen-bond donors (Lipinski definition) is 1. The van der Waals surface area contributed by atoms with Gasteiger partial charge in [0.2, 0.25) is 0 Å². The lowest BCUT2D eigenvalue weighted by molar-refractivity contribution is 0.197. The molecule has 0 rings (SSSR count).